The summed E-state index contributed by atoms with van der Waals surface area (Å²) in [6, 6.07) is -0.264. The van der Waals surface area contributed by atoms with Gasteiger partial charge in [0.15, 0.2) is 0 Å². The highest BCUT2D eigenvalue weighted by Crippen LogP contribution is 2.28. The van der Waals surface area contributed by atoms with Gasteiger partial charge < -0.3 is 5.32 Å². The molecule has 0 bridgehead atoms. The fourth-order valence-corrected chi connectivity index (χ4v) is 3.01. The van der Waals surface area contributed by atoms with Crippen molar-refractivity contribution in [3.63, 3.8) is 0 Å². The van der Waals surface area contributed by atoms with E-state index in [1.165, 1.54) is 4.90 Å². The Morgan fingerprint density at radius 1 is 1.28 bits per heavy atom. The van der Waals surface area contributed by atoms with Crippen molar-refractivity contribution in [3.05, 3.63) is 23.8 Å². The van der Waals surface area contributed by atoms with Gasteiger partial charge in [-0.05, 0) is 37.8 Å². The first kappa shape index (κ1) is 11.7. The topological polar surface area (TPSA) is 49.4 Å². The average Bonchev–Trinajstić information content (AvgIpc) is 2.66. The van der Waals surface area contributed by atoms with Gasteiger partial charge in [0.2, 0.25) is 11.8 Å². The van der Waals surface area contributed by atoms with Crippen LogP contribution >= 0.6 is 0 Å². The quantitative estimate of drug-likeness (QED) is 0.739. The standard InChI is InChI=1S/C14H18N2O2/c17-13-11-7-4-8-15-12(11)14(18)16(13)9-10-5-2-1-3-6-10/h2,5-6,11-12,15H,1,3-4,7-9H2. The molecule has 0 aromatic heterocycles. The molecule has 1 N–H and O–H groups in total. The lowest BCUT2D eigenvalue weighted by atomic mass is 9.93. The smallest absolute Gasteiger partial charge is 0.247 e. The van der Waals surface area contributed by atoms with E-state index < -0.39 is 0 Å². The fourth-order valence-electron chi connectivity index (χ4n) is 3.01. The Morgan fingerprint density at radius 3 is 2.89 bits per heavy atom. The van der Waals surface area contributed by atoms with Crippen molar-refractivity contribution in [1.29, 1.82) is 0 Å². The number of hydrogen-bond donors (Lipinski definition) is 1. The number of likely N-dealkylation sites (tertiary alicyclic amines) is 1. The molecule has 3 aliphatic rings. The van der Waals surface area contributed by atoms with Crippen LogP contribution in [0.4, 0.5) is 0 Å². The number of nitrogens with zero attached hydrogens (tertiary/aromatic N) is 1. The number of carbonyl (C=O) groups excluding carboxylic acids is 2. The van der Waals surface area contributed by atoms with E-state index in [0.717, 1.165) is 37.8 Å². The van der Waals surface area contributed by atoms with Gasteiger partial charge in [0.05, 0.1) is 18.5 Å². The fraction of sp³-hybridized carbons (Fsp3) is 0.571. The van der Waals surface area contributed by atoms with Crippen LogP contribution in [0.5, 0.6) is 0 Å². The first-order chi connectivity index (χ1) is 8.77. The van der Waals surface area contributed by atoms with Gasteiger partial charge in [-0.25, -0.2) is 0 Å². The van der Waals surface area contributed by atoms with Gasteiger partial charge in [-0.15, -0.1) is 0 Å². The van der Waals surface area contributed by atoms with Crippen LogP contribution < -0.4 is 5.32 Å². The SMILES string of the molecule is O=C1C2CCCNC2C(=O)N1CC1=CCCC=C1. The summed E-state index contributed by atoms with van der Waals surface area (Å²) in [7, 11) is 0. The minimum absolute atomic E-state index is 0.0112. The van der Waals surface area contributed by atoms with E-state index in [1.807, 2.05) is 6.08 Å². The monoisotopic (exact) mass is 246 g/mol. The molecule has 0 radical (unpaired) electrons. The maximum atomic E-state index is 12.2. The summed E-state index contributed by atoms with van der Waals surface area (Å²) < 4.78 is 0. The van der Waals surface area contributed by atoms with Gasteiger partial charge in [0.1, 0.15) is 0 Å². The van der Waals surface area contributed by atoms with E-state index in [-0.39, 0.29) is 23.8 Å². The van der Waals surface area contributed by atoms with Crippen molar-refractivity contribution in [2.75, 3.05) is 13.1 Å². The van der Waals surface area contributed by atoms with E-state index in [2.05, 4.69) is 17.5 Å². The van der Waals surface area contributed by atoms with Crippen LogP contribution in [0.2, 0.25) is 0 Å². The van der Waals surface area contributed by atoms with E-state index in [1.54, 1.807) is 0 Å². The Hall–Kier alpha value is -1.42. The number of hydrogen-bond acceptors (Lipinski definition) is 3. The minimum Gasteiger partial charge on any atom is -0.305 e. The number of piperidine rings is 1. The molecule has 2 aliphatic heterocycles. The molecule has 0 saturated carbocycles. The summed E-state index contributed by atoms with van der Waals surface area (Å²) in [5.74, 6) is -0.152. The van der Waals surface area contributed by atoms with Crippen molar-refractivity contribution in [3.8, 4) is 0 Å². The predicted octanol–water partition coefficient (Wildman–Crippen LogP) is 1.000. The molecule has 18 heavy (non-hydrogen) atoms. The van der Waals surface area contributed by atoms with Crippen LogP contribution in [0.1, 0.15) is 25.7 Å². The van der Waals surface area contributed by atoms with Crippen LogP contribution in [0.3, 0.4) is 0 Å². The highest BCUT2D eigenvalue weighted by Gasteiger charge is 2.48. The second-order valence-electron chi connectivity index (χ2n) is 5.20. The summed E-state index contributed by atoms with van der Waals surface area (Å²) >= 11 is 0. The van der Waals surface area contributed by atoms with Gasteiger partial charge in [0.25, 0.3) is 0 Å². The van der Waals surface area contributed by atoms with Crippen LogP contribution in [0.25, 0.3) is 0 Å². The summed E-state index contributed by atoms with van der Waals surface area (Å²) in [4.78, 5) is 25.9. The number of fused-ring (bicyclic) bond motifs is 1. The lowest BCUT2D eigenvalue weighted by molar-refractivity contribution is -0.139. The molecule has 3 rings (SSSR count). The minimum atomic E-state index is -0.264. The zero-order valence-electron chi connectivity index (χ0n) is 10.4. The number of nitrogens with one attached hydrogen (secondary N) is 1. The largest absolute Gasteiger partial charge is 0.305 e. The molecule has 1 aliphatic carbocycles. The second-order valence-corrected chi connectivity index (χ2v) is 5.20. The highest BCUT2D eigenvalue weighted by molar-refractivity contribution is 6.07. The van der Waals surface area contributed by atoms with Crippen LogP contribution in [0.15, 0.2) is 23.8 Å². The lowest BCUT2D eigenvalue weighted by Crippen LogP contribution is -2.44. The van der Waals surface area contributed by atoms with E-state index in [0.29, 0.717) is 6.54 Å². The van der Waals surface area contributed by atoms with Gasteiger partial charge in [-0.1, -0.05) is 18.2 Å². The van der Waals surface area contributed by atoms with Gasteiger partial charge in [-0.3, -0.25) is 14.5 Å². The van der Waals surface area contributed by atoms with Crippen molar-refractivity contribution >= 4 is 11.8 Å². The molecule has 2 amide bonds. The molecule has 2 saturated heterocycles. The number of allylic oxidation sites excluding steroid dienone is 2. The lowest BCUT2D eigenvalue weighted by Gasteiger charge is -2.21. The first-order valence-corrected chi connectivity index (χ1v) is 6.71. The highest BCUT2D eigenvalue weighted by atomic mass is 16.2. The Balaban J connectivity index is 1.76. The molecular weight excluding hydrogens is 228 g/mol. The zero-order valence-corrected chi connectivity index (χ0v) is 10.4. The molecular formula is C14H18N2O2. The number of carbonyl (C=O) groups is 2. The van der Waals surface area contributed by atoms with Crippen molar-refractivity contribution in [2.24, 2.45) is 5.92 Å². The second kappa shape index (κ2) is 4.69. The molecule has 2 atom stereocenters. The maximum Gasteiger partial charge on any atom is 0.247 e. The number of rotatable bonds is 2. The summed E-state index contributed by atoms with van der Waals surface area (Å²) in [6.07, 6.45) is 10.1. The number of imide groups is 1. The Morgan fingerprint density at radius 2 is 2.17 bits per heavy atom. The molecule has 2 unspecified atom stereocenters. The normalized spacial score (nSPS) is 31.6. The van der Waals surface area contributed by atoms with Crippen molar-refractivity contribution < 1.29 is 9.59 Å². The van der Waals surface area contributed by atoms with Crippen molar-refractivity contribution in [1.82, 2.24) is 10.2 Å². The summed E-state index contributed by atoms with van der Waals surface area (Å²) in [5.41, 5.74) is 1.08. The first-order valence-electron chi connectivity index (χ1n) is 6.71. The summed E-state index contributed by atoms with van der Waals surface area (Å²) in [5, 5.41) is 3.18. The van der Waals surface area contributed by atoms with Crippen molar-refractivity contribution in [2.45, 2.75) is 31.7 Å². The number of amides is 2. The van der Waals surface area contributed by atoms with Crippen LogP contribution in [-0.2, 0) is 9.59 Å². The van der Waals surface area contributed by atoms with Gasteiger partial charge in [0, 0.05) is 0 Å². The van der Waals surface area contributed by atoms with Gasteiger partial charge >= 0.3 is 0 Å². The third-order valence-corrected chi connectivity index (χ3v) is 3.99. The molecule has 4 nitrogen and oxygen atoms in total. The third kappa shape index (κ3) is 1.90. The molecule has 0 aromatic carbocycles. The van der Waals surface area contributed by atoms with Gasteiger partial charge in [-0.2, -0.15) is 0 Å². The summed E-state index contributed by atoms with van der Waals surface area (Å²) in [6.45, 7) is 1.29. The Kier molecular flexibility index (Phi) is 3.04. The third-order valence-electron chi connectivity index (χ3n) is 3.99. The molecule has 4 heteroatoms. The zero-order chi connectivity index (χ0) is 12.5. The Labute approximate surface area is 107 Å². The molecule has 2 heterocycles. The van der Waals surface area contributed by atoms with E-state index in [4.69, 9.17) is 0 Å². The maximum absolute atomic E-state index is 12.2. The average molecular weight is 246 g/mol. The molecule has 2 fully saturated rings. The molecule has 0 aromatic rings. The van der Waals surface area contributed by atoms with E-state index >= 15 is 0 Å². The van der Waals surface area contributed by atoms with Crippen LogP contribution in [-0.4, -0.2) is 35.8 Å². The van der Waals surface area contributed by atoms with E-state index in [9.17, 15) is 9.59 Å². The predicted molar refractivity (Wildman–Crippen MR) is 67.7 cm³/mol. The molecule has 0 spiro atoms. The Bertz CT molecular complexity index is 415. The van der Waals surface area contributed by atoms with Crippen LogP contribution in [0, 0.1) is 5.92 Å². The molecule has 96 valence electrons.